The van der Waals surface area contributed by atoms with Crippen LogP contribution in [0.3, 0.4) is 0 Å². The van der Waals surface area contributed by atoms with Gasteiger partial charge in [-0.05, 0) is 19.8 Å². The Morgan fingerprint density at radius 1 is 1.26 bits per heavy atom. The highest BCUT2D eigenvalue weighted by Gasteiger charge is 2.26. The second-order valence-corrected chi connectivity index (χ2v) is 4.33. The van der Waals surface area contributed by atoms with Crippen LogP contribution in [-0.2, 0) is 14.3 Å². The molecule has 0 aliphatic heterocycles. The Bertz CT molecular complexity index is 330. The summed E-state index contributed by atoms with van der Waals surface area (Å²) in [6.07, 6.45) is 0. The number of esters is 1. The maximum Gasteiger partial charge on any atom is 0.326 e. The van der Waals surface area contributed by atoms with Crippen LogP contribution >= 0.6 is 0 Å². The fourth-order valence-electron chi connectivity index (χ4n) is 1.43. The lowest BCUT2D eigenvalue weighted by Gasteiger charge is -2.24. The van der Waals surface area contributed by atoms with E-state index in [0.29, 0.717) is 0 Å². The summed E-state index contributed by atoms with van der Waals surface area (Å²) in [5.74, 6) is -1.87. The van der Waals surface area contributed by atoms with Gasteiger partial charge >= 0.3 is 18.0 Å². The predicted molar refractivity (Wildman–Crippen MR) is 68.7 cm³/mol. The number of ether oxygens (including phenoxy) is 1. The smallest absolute Gasteiger partial charge is 0.326 e. The number of carboxylic acid groups (broad SMARTS) is 1. The van der Waals surface area contributed by atoms with Crippen molar-refractivity contribution in [3.8, 4) is 0 Å². The van der Waals surface area contributed by atoms with Gasteiger partial charge in [-0.25, -0.2) is 9.59 Å². The van der Waals surface area contributed by atoms with Crippen molar-refractivity contribution in [3.63, 3.8) is 0 Å². The summed E-state index contributed by atoms with van der Waals surface area (Å²) in [6.45, 7) is 7.09. The fraction of sp³-hybridized carbons (Fsp3) is 0.750. The van der Waals surface area contributed by atoms with Gasteiger partial charge in [0.25, 0.3) is 0 Å². The molecule has 2 amide bonds. The van der Waals surface area contributed by atoms with Gasteiger partial charge in [0.15, 0.2) is 0 Å². The third-order valence-electron chi connectivity index (χ3n) is 2.51. The minimum absolute atomic E-state index is 0.194. The molecule has 0 saturated heterocycles. The van der Waals surface area contributed by atoms with Gasteiger partial charge in [0.2, 0.25) is 0 Å². The summed E-state index contributed by atoms with van der Waals surface area (Å²) < 4.78 is 4.75. The largest absolute Gasteiger partial charge is 0.480 e. The van der Waals surface area contributed by atoms with Crippen LogP contribution in [0.5, 0.6) is 0 Å². The number of nitrogens with zero attached hydrogens (tertiary/aromatic N) is 1. The summed E-state index contributed by atoms with van der Waals surface area (Å²) in [4.78, 5) is 35.4. The van der Waals surface area contributed by atoms with Crippen LogP contribution in [0.4, 0.5) is 4.79 Å². The molecule has 0 aromatic rings. The molecule has 7 nitrogen and oxygen atoms in total. The zero-order chi connectivity index (χ0) is 15.0. The van der Waals surface area contributed by atoms with Crippen molar-refractivity contribution < 1.29 is 24.2 Å². The van der Waals surface area contributed by atoms with Crippen LogP contribution in [0, 0.1) is 5.92 Å². The lowest BCUT2D eigenvalue weighted by atomic mass is 10.1. The molecule has 0 aliphatic rings. The summed E-state index contributed by atoms with van der Waals surface area (Å²) >= 11 is 0. The number of carbonyl (C=O) groups excluding carboxylic acids is 2. The monoisotopic (exact) mass is 274 g/mol. The molecule has 19 heavy (non-hydrogen) atoms. The number of urea groups is 1. The van der Waals surface area contributed by atoms with E-state index in [1.165, 1.54) is 4.90 Å². The van der Waals surface area contributed by atoms with Crippen molar-refractivity contribution in [2.75, 3.05) is 19.7 Å². The molecule has 1 unspecified atom stereocenters. The number of hydrogen-bond donors (Lipinski definition) is 2. The zero-order valence-corrected chi connectivity index (χ0v) is 11.8. The van der Waals surface area contributed by atoms with E-state index in [1.54, 1.807) is 27.7 Å². The Morgan fingerprint density at radius 2 is 1.84 bits per heavy atom. The van der Waals surface area contributed by atoms with Crippen LogP contribution in [0.2, 0.25) is 0 Å². The molecule has 0 radical (unpaired) electrons. The standard InChI is InChI=1S/C12H22N2O5/c1-5-14(7-9(15)19-6-2)12(18)13-10(8(3)4)11(16)17/h8,10H,5-7H2,1-4H3,(H,13,18)(H,16,17). The van der Waals surface area contributed by atoms with E-state index in [-0.39, 0.29) is 25.6 Å². The molecular weight excluding hydrogens is 252 g/mol. The number of carboxylic acids is 1. The Kier molecular flexibility index (Phi) is 7.55. The third kappa shape index (κ3) is 6.08. The van der Waals surface area contributed by atoms with Crippen LogP contribution in [-0.4, -0.2) is 53.7 Å². The van der Waals surface area contributed by atoms with Crippen LogP contribution < -0.4 is 5.32 Å². The number of aliphatic carboxylic acids is 1. The van der Waals surface area contributed by atoms with Gasteiger partial charge in [-0.3, -0.25) is 4.79 Å². The van der Waals surface area contributed by atoms with Gasteiger partial charge in [0.1, 0.15) is 12.6 Å². The average Bonchev–Trinajstić information content (AvgIpc) is 2.32. The zero-order valence-electron chi connectivity index (χ0n) is 11.8. The molecule has 0 aliphatic carbocycles. The highest BCUT2D eigenvalue weighted by molar-refractivity contribution is 5.85. The normalized spacial score (nSPS) is 11.8. The maximum atomic E-state index is 11.9. The van der Waals surface area contributed by atoms with E-state index < -0.39 is 24.0 Å². The second kappa shape index (κ2) is 8.34. The van der Waals surface area contributed by atoms with Crippen molar-refractivity contribution >= 4 is 18.0 Å². The molecule has 0 fully saturated rings. The van der Waals surface area contributed by atoms with Crippen LogP contribution in [0.1, 0.15) is 27.7 Å². The van der Waals surface area contributed by atoms with E-state index in [1.807, 2.05) is 0 Å². The molecule has 0 spiro atoms. The van der Waals surface area contributed by atoms with Crippen molar-refractivity contribution in [2.45, 2.75) is 33.7 Å². The minimum atomic E-state index is -1.10. The number of nitrogens with one attached hydrogen (secondary N) is 1. The predicted octanol–water partition coefficient (Wildman–Crippen LogP) is 0.690. The number of likely N-dealkylation sites (N-methyl/N-ethyl adjacent to an activating group) is 1. The first-order valence-corrected chi connectivity index (χ1v) is 6.27. The van der Waals surface area contributed by atoms with E-state index in [4.69, 9.17) is 9.84 Å². The molecule has 0 saturated carbocycles. The molecule has 1 atom stereocenters. The van der Waals surface area contributed by atoms with Gasteiger partial charge in [-0.2, -0.15) is 0 Å². The first-order valence-electron chi connectivity index (χ1n) is 6.27. The van der Waals surface area contributed by atoms with E-state index in [2.05, 4.69) is 5.32 Å². The Hall–Kier alpha value is -1.79. The fourth-order valence-corrected chi connectivity index (χ4v) is 1.43. The Morgan fingerprint density at radius 3 is 2.21 bits per heavy atom. The summed E-state index contributed by atoms with van der Waals surface area (Å²) in [7, 11) is 0. The SMILES string of the molecule is CCOC(=O)CN(CC)C(=O)NC(C(=O)O)C(C)C. The molecule has 0 aromatic heterocycles. The lowest BCUT2D eigenvalue weighted by Crippen LogP contribution is -2.51. The average molecular weight is 274 g/mol. The molecular formula is C12H22N2O5. The van der Waals surface area contributed by atoms with Crippen molar-refractivity contribution in [1.82, 2.24) is 10.2 Å². The number of amides is 2. The second-order valence-electron chi connectivity index (χ2n) is 4.33. The number of carbonyl (C=O) groups is 3. The van der Waals surface area contributed by atoms with Gasteiger partial charge in [-0.15, -0.1) is 0 Å². The van der Waals surface area contributed by atoms with Gasteiger partial charge in [-0.1, -0.05) is 13.8 Å². The minimum Gasteiger partial charge on any atom is -0.480 e. The third-order valence-corrected chi connectivity index (χ3v) is 2.51. The van der Waals surface area contributed by atoms with Crippen molar-refractivity contribution in [2.24, 2.45) is 5.92 Å². The molecule has 110 valence electrons. The summed E-state index contributed by atoms with van der Waals surface area (Å²) in [5.41, 5.74) is 0. The van der Waals surface area contributed by atoms with Crippen LogP contribution in [0.15, 0.2) is 0 Å². The first kappa shape index (κ1) is 17.2. The first-order chi connectivity index (χ1) is 8.83. The van der Waals surface area contributed by atoms with Crippen LogP contribution in [0.25, 0.3) is 0 Å². The molecule has 0 bridgehead atoms. The topological polar surface area (TPSA) is 95.9 Å². The summed E-state index contributed by atoms with van der Waals surface area (Å²) in [5, 5.41) is 11.4. The number of rotatable bonds is 7. The highest BCUT2D eigenvalue weighted by Crippen LogP contribution is 2.03. The highest BCUT2D eigenvalue weighted by atomic mass is 16.5. The van der Waals surface area contributed by atoms with Gasteiger partial charge in [0.05, 0.1) is 6.61 Å². The molecule has 0 rings (SSSR count). The number of hydrogen-bond acceptors (Lipinski definition) is 4. The lowest BCUT2D eigenvalue weighted by molar-refractivity contribution is -0.143. The molecule has 0 heterocycles. The van der Waals surface area contributed by atoms with E-state index in [9.17, 15) is 14.4 Å². The maximum absolute atomic E-state index is 11.9. The van der Waals surface area contributed by atoms with Crippen molar-refractivity contribution in [1.29, 1.82) is 0 Å². The van der Waals surface area contributed by atoms with Gasteiger partial charge < -0.3 is 20.1 Å². The summed E-state index contributed by atoms with van der Waals surface area (Å²) in [6, 6.07) is -1.57. The van der Waals surface area contributed by atoms with E-state index in [0.717, 1.165) is 0 Å². The van der Waals surface area contributed by atoms with E-state index >= 15 is 0 Å². The Labute approximate surface area is 112 Å². The van der Waals surface area contributed by atoms with Gasteiger partial charge in [0, 0.05) is 6.54 Å². The quantitative estimate of drug-likeness (QED) is 0.666. The molecule has 2 N–H and O–H groups in total. The Balaban J connectivity index is 4.58. The van der Waals surface area contributed by atoms with Crippen molar-refractivity contribution in [3.05, 3.63) is 0 Å². The molecule has 7 heteroatoms. The molecule has 0 aromatic carbocycles.